The predicted molar refractivity (Wildman–Crippen MR) is 106 cm³/mol. The van der Waals surface area contributed by atoms with Gasteiger partial charge in [-0.2, -0.15) is 0 Å². The van der Waals surface area contributed by atoms with Crippen LogP contribution < -0.4 is 5.32 Å². The molecule has 0 bridgehead atoms. The molecular weight excluding hydrogens is 428 g/mol. The molecular formula is C17H12BrClN2OS2. The van der Waals surface area contributed by atoms with E-state index in [-0.39, 0.29) is 5.91 Å². The highest BCUT2D eigenvalue weighted by Crippen LogP contribution is 2.29. The molecule has 0 saturated carbocycles. The van der Waals surface area contributed by atoms with Crippen LogP contribution in [0.4, 0.5) is 5.69 Å². The maximum absolute atomic E-state index is 12.0. The quantitative estimate of drug-likeness (QED) is 0.499. The minimum atomic E-state index is -0.0669. The van der Waals surface area contributed by atoms with Gasteiger partial charge in [0.05, 0.1) is 11.4 Å². The Hall–Kier alpha value is -1.34. The number of halogens is 2. The van der Waals surface area contributed by atoms with E-state index < -0.39 is 0 Å². The number of nitrogens with one attached hydrogen (secondary N) is 1. The zero-order valence-electron chi connectivity index (χ0n) is 12.3. The molecule has 1 heterocycles. The lowest BCUT2D eigenvalue weighted by Gasteiger charge is -2.04. The van der Waals surface area contributed by atoms with Crippen LogP contribution in [0.1, 0.15) is 0 Å². The first-order chi connectivity index (χ1) is 11.6. The summed E-state index contributed by atoms with van der Waals surface area (Å²) in [6, 6.07) is 15.1. The maximum atomic E-state index is 12.0. The van der Waals surface area contributed by atoms with Crippen molar-refractivity contribution in [3.63, 3.8) is 0 Å². The Morgan fingerprint density at radius 2 is 1.88 bits per heavy atom. The third kappa shape index (κ3) is 4.83. The molecule has 3 rings (SSSR count). The highest BCUT2D eigenvalue weighted by Gasteiger charge is 2.08. The zero-order chi connectivity index (χ0) is 16.9. The van der Waals surface area contributed by atoms with Crippen molar-refractivity contribution < 1.29 is 4.79 Å². The molecule has 0 saturated heterocycles. The van der Waals surface area contributed by atoms with Crippen molar-refractivity contribution >= 4 is 62.2 Å². The van der Waals surface area contributed by atoms with Gasteiger partial charge in [-0.1, -0.05) is 51.4 Å². The molecule has 7 heteroatoms. The number of thiazole rings is 1. The fourth-order valence-corrected chi connectivity index (χ4v) is 3.96. The Balaban J connectivity index is 1.56. The van der Waals surface area contributed by atoms with E-state index in [1.165, 1.54) is 11.8 Å². The van der Waals surface area contributed by atoms with Crippen LogP contribution in [0.5, 0.6) is 0 Å². The van der Waals surface area contributed by atoms with Gasteiger partial charge in [0.2, 0.25) is 5.91 Å². The Morgan fingerprint density at radius 1 is 1.17 bits per heavy atom. The fourth-order valence-electron chi connectivity index (χ4n) is 1.93. The highest BCUT2D eigenvalue weighted by molar-refractivity contribution is 9.10. The van der Waals surface area contributed by atoms with E-state index >= 15 is 0 Å². The predicted octanol–water partition coefficient (Wildman–Crippen LogP) is 5.96. The second-order valence-electron chi connectivity index (χ2n) is 4.85. The number of carbonyl (C=O) groups is 1. The number of carbonyl (C=O) groups excluding carboxylic acids is 1. The molecule has 0 aliphatic carbocycles. The maximum Gasteiger partial charge on any atom is 0.234 e. The molecule has 1 aromatic heterocycles. The summed E-state index contributed by atoms with van der Waals surface area (Å²) in [7, 11) is 0. The highest BCUT2D eigenvalue weighted by atomic mass is 79.9. The van der Waals surface area contributed by atoms with E-state index in [0.717, 1.165) is 25.8 Å². The van der Waals surface area contributed by atoms with Gasteiger partial charge in [0, 0.05) is 26.1 Å². The molecule has 1 amide bonds. The Morgan fingerprint density at radius 3 is 2.58 bits per heavy atom. The number of benzene rings is 2. The van der Waals surface area contributed by atoms with Crippen LogP contribution in [-0.4, -0.2) is 16.6 Å². The Labute approximate surface area is 161 Å². The van der Waals surface area contributed by atoms with E-state index in [2.05, 4.69) is 26.2 Å². The third-order valence-corrected chi connectivity index (χ3v) is 5.88. The molecule has 0 radical (unpaired) electrons. The van der Waals surface area contributed by atoms with E-state index in [1.807, 2.05) is 29.6 Å². The zero-order valence-corrected chi connectivity index (χ0v) is 16.3. The van der Waals surface area contributed by atoms with Gasteiger partial charge in [-0.15, -0.1) is 11.3 Å². The lowest BCUT2D eigenvalue weighted by molar-refractivity contribution is -0.113. The summed E-state index contributed by atoms with van der Waals surface area (Å²) in [6.45, 7) is 0. The average molecular weight is 440 g/mol. The monoisotopic (exact) mass is 438 g/mol. The second kappa shape index (κ2) is 8.16. The Bertz CT molecular complexity index is 835. The van der Waals surface area contributed by atoms with Crippen LogP contribution in [0.2, 0.25) is 5.02 Å². The van der Waals surface area contributed by atoms with E-state index in [9.17, 15) is 4.79 Å². The standard InChI is InChI=1S/C17H12BrClN2OS2/c18-12-3-1-11(2-4-12)15-9-23-17(21-15)24-10-16(22)20-14-7-5-13(19)6-8-14/h1-9H,10H2,(H,20,22). The van der Waals surface area contributed by atoms with Crippen LogP contribution >= 0.6 is 50.6 Å². The molecule has 122 valence electrons. The third-order valence-electron chi connectivity index (χ3n) is 3.08. The lowest BCUT2D eigenvalue weighted by Crippen LogP contribution is -2.13. The number of rotatable bonds is 5. The summed E-state index contributed by atoms with van der Waals surface area (Å²) in [5.74, 6) is 0.248. The van der Waals surface area contributed by atoms with Crippen LogP contribution in [0, 0.1) is 0 Å². The first-order valence-corrected chi connectivity index (χ1v) is 10.0. The summed E-state index contributed by atoms with van der Waals surface area (Å²) < 4.78 is 1.91. The molecule has 0 aliphatic heterocycles. The van der Waals surface area contributed by atoms with Gasteiger partial charge >= 0.3 is 0 Å². The summed E-state index contributed by atoms with van der Waals surface area (Å²) in [6.07, 6.45) is 0. The van der Waals surface area contributed by atoms with Crippen molar-refractivity contribution in [1.82, 2.24) is 4.98 Å². The number of nitrogens with zero attached hydrogens (tertiary/aromatic N) is 1. The molecule has 0 atom stereocenters. The van der Waals surface area contributed by atoms with Crippen molar-refractivity contribution in [2.45, 2.75) is 4.34 Å². The van der Waals surface area contributed by atoms with Crippen molar-refractivity contribution in [3.05, 3.63) is 63.4 Å². The molecule has 3 nitrogen and oxygen atoms in total. The summed E-state index contributed by atoms with van der Waals surface area (Å²) in [4.78, 5) is 16.6. The number of hydrogen-bond acceptors (Lipinski definition) is 4. The van der Waals surface area contributed by atoms with Crippen LogP contribution in [-0.2, 0) is 4.79 Å². The summed E-state index contributed by atoms with van der Waals surface area (Å²) >= 11 is 12.2. The number of thioether (sulfide) groups is 1. The topological polar surface area (TPSA) is 42.0 Å². The number of amides is 1. The first-order valence-electron chi connectivity index (χ1n) is 7.00. The molecule has 0 unspecified atom stereocenters. The van der Waals surface area contributed by atoms with E-state index in [4.69, 9.17) is 11.6 Å². The van der Waals surface area contributed by atoms with Gasteiger partial charge in [0.1, 0.15) is 0 Å². The van der Waals surface area contributed by atoms with Gasteiger partial charge in [0.25, 0.3) is 0 Å². The minimum Gasteiger partial charge on any atom is -0.325 e. The van der Waals surface area contributed by atoms with E-state index in [0.29, 0.717) is 10.8 Å². The largest absolute Gasteiger partial charge is 0.325 e. The van der Waals surface area contributed by atoms with Crippen molar-refractivity contribution in [2.24, 2.45) is 0 Å². The Kier molecular flexibility index (Phi) is 5.94. The van der Waals surface area contributed by atoms with Crippen molar-refractivity contribution in [3.8, 4) is 11.3 Å². The molecule has 2 aromatic carbocycles. The number of hydrogen-bond donors (Lipinski definition) is 1. The van der Waals surface area contributed by atoms with Gasteiger partial charge in [-0.25, -0.2) is 4.98 Å². The van der Waals surface area contributed by atoms with Crippen LogP contribution in [0.3, 0.4) is 0 Å². The number of anilines is 1. The first kappa shape index (κ1) is 17.5. The molecule has 0 fully saturated rings. The van der Waals surface area contributed by atoms with Crippen LogP contribution in [0.25, 0.3) is 11.3 Å². The van der Waals surface area contributed by atoms with Crippen LogP contribution in [0.15, 0.2) is 62.7 Å². The van der Waals surface area contributed by atoms with Gasteiger partial charge in [-0.3, -0.25) is 4.79 Å². The minimum absolute atomic E-state index is 0.0669. The lowest BCUT2D eigenvalue weighted by atomic mass is 10.2. The van der Waals surface area contributed by atoms with Gasteiger partial charge in [0.15, 0.2) is 4.34 Å². The normalized spacial score (nSPS) is 10.6. The molecule has 24 heavy (non-hydrogen) atoms. The molecule has 0 aliphatic rings. The molecule has 3 aromatic rings. The van der Waals surface area contributed by atoms with E-state index in [1.54, 1.807) is 35.6 Å². The number of aromatic nitrogens is 1. The van der Waals surface area contributed by atoms with Gasteiger partial charge < -0.3 is 5.32 Å². The van der Waals surface area contributed by atoms with Crippen molar-refractivity contribution in [2.75, 3.05) is 11.1 Å². The fraction of sp³-hybridized carbons (Fsp3) is 0.0588. The smallest absolute Gasteiger partial charge is 0.234 e. The molecule has 0 spiro atoms. The second-order valence-corrected chi connectivity index (χ2v) is 8.28. The SMILES string of the molecule is O=C(CSc1nc(-c2ccc(Br)cc2)cs1)Nc1ccc(Cl)cc1. The average Bonchev–Trinajstić information content (AvgIpc) is 3.05. The summed E-state index contributed by atoms with van der Waals surface area (Å²) in [5.41, 5.74) is 2.72. The molecule has 1 N–H and O–H groups in total. The van der Waals surface area contributed by atoms with Crippen molar-refractivity contribution in [1.29, 1.82) is 0 Å². The summed E-state index contributed by atoms with van der Waals surface area (Å²) in [5, 5.41) is 5.48. The van der Waals surface area contributed by atoms with Gasteiger partial charge in [-0.05, 0) is 36.4 Å².